The van der Waals surface area contributed by atoms with E-state index in [-0.39, 0.29) is 0 Å². The van der Waals surface area contributed by atoms with Gasteiger partial charge in [-0.05, 0) is 22.6 Å². The topological polar surface area (TPSA) is 31.4 Å². The summed E-state index contributed by atoms with van der Waals surface area (Å²) in [6.45, 7) is 0. The Morgan fingerprint density at radius 3 is 2.55 bits per heavy atom. The van der Waals surface area contributed by atoms with Crippen LogP contribution in [0.3, 0.4) is 0 Å². The third kappa shape index (κ3) is 1.74. The van der Waals surface area contributed by atoms with Crippen LogP contribution in [0.4, 0.5) is 0 Å². The Bertz CT molecular complexity index is 252. The number of rotatable bonds is 2. The zero-order valence-corrected chi connectivity index (χ0v) is 8.45. The quantitative estimate of drug-likeness (QED) is 0.602. The smallest absolute Gasteiger partial charge is 0.192 e. The highest BCUT2D eigenvalue weighted by molar-refractivity contribution is 14.1. The molecule has 0 fully saturated rings. The van der Waals surface area contributed by atoms with Crippen molar-refractivity contribution < 1.29 is 9.47 Å². The van der Waals surface area contributed by atoms with Crippen molar-refractivity contribution >= 4 is 22.6 Å². The minimum atomic E-state index is 0.690. The number of aromatic nitrogens is 1. The van der Waals surface area contributed by atoms with Crippen molar-refractivity contribution in [3.05, 3.63) is 16.0 Å². The molecule has 11 heavy (non-hydrogen) atoms. The minimum absolute atomic E-state index is 0.690. The molecule has 1 rings (SSSR count). The van der Waals surface area contributed by atoms with Crippen molar-refractivity contribution in [3.63, 3.8) is 0 Å². The lowest BCUT2D eigenvalue weighted by atomic mass is 10.4. The predicted molar refractivity (Wildman–Crippen MR) is 50.1 cm³/mol. The van der Waals surface area contributed by atoms with Gasteiger partial charge >= 0.3 is 0 Å². The highest BCUT2D eigenvalue weighted by atomic mass is 127. The van der Waals surface area contributed by atoms with E-state index in [0.29, 0.717) is 11.5 Å². The van der Waals surface area contributed by atoms with E-state index in [9.17, 15) is 0 Å². The molecule has 0 unspecified atom stereocenters. The lowest BCUT2D eigenvalue weighted by molar-refractivity contribution is 0.351. The van der Waals surface area contributed by atoms with E-state index < -0.39 is 0 Å². The highest BCUT2D eigenvalue weighted by Crippen LogP contribution is 2.29. The molecule has 0 spiro atoms. The zero-order valence-electron chi connectivity index (χ0n) is 6.30. The van der Waals surface area contributed by atoms with Gasteiger partial charge in [-0.25, -0.2) is 4.98 Å². The van der Waals surface area contributed by atoms with Crippen molar-refractivity contribution in [1.29, 1.82) is 0 Å². The van der Waals surface area contributed by atoms with Crippen LogP contribution in [-0.2, 0) is 0 Å². The molecule has 0 bridgehead atoms. The summed E-state index contributed by atoms with van der Waals surface area (Å²) < 4.78 is 10.9. The summed E-state index contributed by atoms with van der Waals surface area (Å²) in [4.78, 5) is 4.04. The number of hydrogen-bond acceptors (Lipinski definition) is 3. The van der Waals surface area contributed by atoms with E-state index >= 15 is 0 Å². The van der Waals surface area contributed by atoms with Crippen LogP contribution in [0.2, 0.25) is 0 Å². The summed E-state index contributed by atoms with van der Waals surface area (Å²) in [5.74, 6) is 1.41. The molecule has 0 aromatic carbocycles. The molecular weight excluding hydrogens is 257 g/mol. The molecule has 1 aromatic heterocycles. The molecule has 0 amide bonds. The average Bonchev–Trinajstić information content (AvgIpc) is 2.04. The first-order valence-electron chi connectivity index (χ1n) is 3.02. The fraction of sp³-hybridized carbons (Fsp3) is 0.286. The van der Waals surface area contributed by atoms with Crippen molar-refractivity contribution in [2.75, 3.05) is 14.2 Å². The Hall–Kier alpha value is -0.520. The number of halogens is 1. The molecule has 3 nitrogen and oxygen atoms in total. The first-order chi connectivity index (χ1) is 5.29. The van der Waals surface area contributed by atoms with E-state index in [1.165, 1.54) is 0 Å². The second kappa shape index (κ2) is 3.75. The molecule has 0 aliphatic heterocycles. The van der Waals surface area contributed by atoms with Gasteiger partial charge in [0.1, 0.15) is 3.70 Å². The lowest BCUT2D eigenvalue weighted by Crippen LogP contribution is -1.94. The van der Waals surface area contributed by atoms with Gasteiger partial charge in [-0.3, -0.25) is 0 Å². The maximum atomic E-state index is 5.07. The molecular formula is C7H8INO2. The molecule has 1 aromatic rings. The summed E-state index contributed by atoms with van der Waals surface area (Å²) in [6.07, 6.45) is 1.68. The van der Waals surface area contributed by atoms with Crippen LogP contribution in [0.25, 0.3) is 0 Å². The van der Waals surface area contributed by atoms with Crippen molar-refractivity contribution in [2.24, 2.45) is 0 Å². The fourth-order valence-electron chi connectivity index (χ4n) is 0.752. The van der Waals surface area contributed by atoms with Crippen LogP contribution >= 0.6 is 22.6 Å². The minimum Gasteiger partial charge on any atom is -0.493 e. The molecule has 0 aliphatic carbocycles. The molecule has 60 valence electrons. The second-order valence-electron chi connectivity index (χ2n) is 1.84. The van der Waals surface area contributed by atoms with Crippen LogP contribution in [0.15, 0.2) is 12.3 Å². The van der Waals surface area contributed by atoms with Gasteiger partial charge in [0.25, 0.3) is 0 Å². The SMILES string of the molecule is COc1ccnc(I)c1OC. The number of pyridine rings is 1. The molecule has 4 heteroatoms. The molecule has 0 saturated carbocycles. The lowest BCUT2D eigenvalue weighted by Gasteiger charge is -2.06. The molecule has 0 atom stereocenters. The highest BCUT2D eigenvalue weighted by Gasteiger charge is 2.06. The van der Waals surface area contributed by atoms with E-state index in [2.05, 4.69) is 27.6 Å². The van der Waals surface area contributed by atoms with Gasteiger partial charge in [-0.1, -0.05) is 0 Å². The molecule has 0 N–H and O–H groups in total. The third-order valence-electron chi connectivity index (χ3n) is 1.25. The Balaban J connectivity index is 3.13. The van der Waals surface area contributed by atoms with Gasteiger partial charge in [0.2, 0.25) is 0 Å². The molecule has 1 heterocycles. The Morgan fingerprint density at radius 1 is 1.36 bits per heavy atom. The second-order valence-corrected chi connectivity index (χ2v) is 2.86. The Morgan fingerprint density at radius 2 is 2.09 bits per heavy atom. The van der Waals surface area contributed by atoms with Gasteiger partial charge < -0.3 is 9.47 Å². The number of methoxy groups -OCH3 is 2. The number of hydrogen-bond donors (Lipinski definition) is 0. The molecule has 0 aliphatic rings. The first kappa shape index (κ1) is 8.58. The van der Waals surface area contributed by atoms with E-state index in [1.54, 1.807) is 26.5 Å². The number of ether oxygens (including phenoxy) is 2. The van der Waals surface area contributed by atoms with Crippen molar-refractivity contribution in [3.8, 4) is 11.5 Å². The maximum Gasteiger partial charge on any atom is 0.192 e. The average molecular weight is 265 g/mol. The van der Waals surface area contributed by atoms with E-state index in [4.69, 9.17) is 9.47 Å². The van der Waals surface area contributed by atoms with E-state index in [1.807, 2.05) is 0 Å². The summed E-state index contributed by atoms with van der Waals surface area (Å²) in [7, 11) is 3.20. The molecule has 0 radical (unpaired) electrons. The zero-order chi connectivity index (χ0) is 8.27. The van der Waals surface area contributed by atoms with Crippen LogP contribution in [-0.4, -0.2) is 19.2 Å². The predicted octanol–water partition coefficient (Wildman–Crippen LogP) is 1.70. The normalized spacial score (nSPS) is 9.36. The largest absolute Gasteiger partial charge is 0.493 e. The van der Waals surface area contributed by atoms with Gasteiger partial charge in [0.15, 0.2) is 11.5 Å². The Labute approximate surface area is 78.9 Å². The van der Waals surface area contributed by atoms with Crippen LogP contribution in [0, 0.1) is 3.70 Å². The van der Waals surface area contributed by atoms with Crippen molar-refractivity contribution in [1.82, 2.24) is 4.98 Å². The summed E-state index contributed by atoms with van der Waals surface area (Å²) in [5.41, 5.74) is 0. The monoisotopic (exact) mass is 265 g/mol. The van der Waals surface area contributed by atoms with Gasteiger partial charge in [-0.15, -0.1) is 0 Å². The van der Waals surface area contributed by atoms with Crippen LogP contribution in [0.5, 0.6) is 11.5 Å². The summed E-state index contributed by atoms with van der Waals surface area (Å²) in [5, 5.41) is 0. The van der Waals surface area contributed by atoms with Gasteiger partial charge in [-0.2, -0.15) is 0 Å². The van der Waals surface area contributed by atoms with Gasteiger partial charge in [0, 0.05) is 12.3 Å². The fourth-order valence-corrected chi connectivity index (χ4v) is 1.40. The molecule has 0 saturated heterocycles. The Kier molecular flexibility index (Phi) is 2.92. The van der Waals surface area contributed by atoms with Crippen molar-refractivity contribution in [2.45, 2.75) is 0 Å². The maximum absolute atomic E-state index is 5.07. The summed E-state index contributed by atoms with van der Waals surface area (Å²) in [6, 6.07) is 1.76. The number of nitrogens with zero attached hydrogens (tertiary/aromatic N) is 1. The van der Waals surface area contributed by atoms with Crippen LogP contribution < -0.4 is 9.47 Å². The summed E-state index contributed by atoms with van der Waals surface area (Å²) >= 11 is 2.09. The van der Waals surface area contributed by atoms with E-state index in [0.717, 1.165) is 3.70 Å². The van der Waals surface area contributed by atoms with Crippen LogP contribution in [0.1, 0.15) is 0 Å². The first-order valence-corrected chi connectivity index (χ1v) is 4.10. The standard InChI is InChI=1S/C7H8INO2/c1-10-5-3-4-9-7(8)6(5)11-2/h3-4H,1-2H3. The third-order valence-corrected chi connectivity index (χ3v) is 2.02. The van der Waals surface area contributed by atoms with Gasteiger partial charge in [0.05, 0.1) is 14.2 Å².